The van der Waals surface area contributed by atoms with E-state index in [-0.39, 0.29) is 5.91 Å². The zero-order chi connectivity index (χ0) is 19.5. The summed E-state index contributed by atoms with van der Waals surface area (Å²) in [4.78, 5) is 13.7. The third kappa shape index (κ3) is 4.59. The molecule has 26 heavy (non-hydrogen) atoms. The van der Waals surface area contributed by atoms with Crippen molar-refractivity contribution in [2.45, 2.75) is 31.7 Å². The number of rotatable bonds is 6. The van der Waals surface area contributed by atoms with Crippen molar-refractivity contribution in [1.29, 1.82) is 0 Å². The molecule has 0 unspecified atom stereocenters. The Bertz CT molecular complexity index is 911. The van der Waals surface area contributed by atoms with Crippen LogP contribution in [0.2, 0.25) is 0 Å². The van der Waals surface area contributed by atoms with Crippen LogP contribution in [0.4, 0.5) is 11.4 Å². The molecule has 0 saturated heterocycles. The van der Waals surface area contributed by atoms with Crippen LogP contribution in [-0.2, 0) is 14.8 Å². The lowest BCUT2D eigenvalue weighted by atomic mass is 10.1. The molecule has 1 amide bonds. The maximum atomic E-state index is 12.8. The van der Waals surface area contributed by atoms with Gasteiger partial charge in [0.25, 0.3) is 0 Å². The van der Waals surface area contributed by atoms with Crippen LogP contribution in [-0.4, -0.2) is 32.9 Å². The lowest BCUT2D eigenvalue weighted by Crippen LogP contribution is -2.45. The van der Waals surface area contributed by atoms with E-state index in [2.05, 4.69) is 5.32 Å². The highest BCUT2D eigenvalue weighted by molar-refractivity contribution is 7.98. The van der Waals surface area contributed by atoms with Gasteiger partial charge in [-0.15, -0.1) is 11.8 Å². The Morgan fingerprint density at radius 3 is 2.42 bits per heavy atom. The molecular weight excluding hydrogens is 368 g/mol. The van der Waals surface area contributed by atoms with E-state index in [9.17, 15) is 13.2 Å². The Hall–Kier alpha value is -1.99. The second-order valence-electron chi connectivity index (χ2n) is 6.21. The summed E-state index contributed by atoms with van der Waals surface area (Å²) in [7, 11) is -3.64. The number of para-hydroxylation sites is 1. The highest BCUT2D eigenvalue weighted by atomic mass is 32.2. The number of thioether (sulfide) groups is 1. The van der Waals surface area contributed by atoms with Crippen LogP contribution in [0.25, 0.3) is 0 Å². The molecule has 0 bridgehead atoms. The third-order valence-electron chi connectivity index (χ3n) is 4.06. The summed E-state index contributed by atoms with van der Waals surface area (Å²) < 4.78 is 26.1. The summed E-state index contributed by atoms with van der Waals surface area (Å²) in [5.74, 6) is -0.377. The van der Waals surface area contributed by atoms with E-state index in [0.717, 1.165) is 22.3 Å². The molecular formula is C19H24N2O3S2. The molecule has 0 aliphatic heterocycles. The normalized spacial score (nSPS) is 12.5. The van der Waals surface area contributed by atoms with Gasteiger partial charge in [0.1, 0.15) is 6.04 Å². The molecule has 2 aromatic rings. The minimum absolute atomic E-state index is 0.377. The number of hydrogen-bond acceptors (Lipinski definition) is 4. The maximum absolute atomic E-state index is 12.8. The monoisotopic (exact) mass is 392 g/mol. The number of benzene rings is 2. The summed E-state index contributed by atoms with van der Waals surface area (Å²) in [5, 5.41) is 2.85. The summed E-state index contributed by atoms with van der Waals surface area (Å²) in [6, 6.07) is 12.1. The van der Waals surface area contributed by atoms with E-state index < -0.39 is 16.1 Å². The first kappa shape index (κ1) is 20.3. The number of aryl methyl sites for hydroxylation is 2. The standard InChI is InChI=1S/C19H24N2O3S2/c1-13-10-11-14(2)17(12-13)21(26(5,23)24)15(3)19(22)20-16-8-6-7-9-18(16)25-4/h6-12,15H,1-5H3,(H,20,22)/t15-/m0/s1. The van der Waals surface area contributed by atoms with Gasteiger partial charge in [-0.3, -0.25) is 9.10 Å². The van der Waals surface area contributed by atoms with E-state index in [0.29, 0.717) is 11.4 Å². The topological polar surface area (TPSA) is 66.5 Å². The zero-order valence-corrected chi connectivity index (χ0v) is 17.2. The van der Waals surface area contributed by atoms with E-state index >= 15 is 0 Å². The van der Waals surface area contributed by atoms with Crippen LogP contribution in [0, 0.1) is 13.8 Å². The number of carbonyl (C=O) groups excluding carboxylic acids is 1. The summed E-state index contributed by atoms with van der Waals surface area (Å²) in [6.45, 7) is 5.32. The zero-order valence-electron chi connectivity index (χ0n) is 15.6. The van der Waals surface area contributed by atoms with Crippen LogP contribution in [0.15, 0.2) is 47.4 Å². The van der Waals surface area contributed by atoms with Crippen molar-refractivity contribution in [2.75, 3.05) is 22.1 Å². The van der Waals surface area contributed by atoms with Gasteiger partial charge in [0.05, 0.1) is 17.6 Å². The fraction of sp³-hybridized carbons (Fsp3) is 0.316. The molecule has 2 rings (SSSR count). The van der Waals surface area contributed by atoms with Crippen molar-refractivity contribution >= 4 is 39.1 Å². The molecule has 140 valence electrons. The first-order valence-electron chi connectivity index (χ1n) is 8.15. The van der Waals surface area contributed by atoms with Crippen molar-refractivity contribution in [3.8, 4) is 0 Å². The molecule has 0 heterocycles. The van der Waals surface area contributed by atoms with Gasteiger partial charge in [0.2, 0.25) is 15.9 Å². The van der Waals surface area contributed by atoms with E-state index in [4.69, 9.17) is 0 Å². The lowest BCUT2D eigenvalue weighted by Gasteiger charge is -2.30. The van der Waals surface area contributed by atoms with Gasteiger partial charge in [-0.2, -0.15) is 0 Å². The predicted molar refractivity (Wildman–Crippen MR) is 110 cm³/mol. The highest BCUT2D eigenvalue weighted by Gasteiger charge is 2.30. The van der Waals surface area contributed by atoms with Crippen molar-refractivity contribution in [3.63, 3.8) is 0 Å². The number of nitrogens with zero attached hydrogens (tertiary/aromatic N) is 1. The van der Waals surface area contributed by atoms with Gasteiger partial charge in [-0.1, -0.05) is 24.3 Å². The fourth-order valence-electron chi connectivity index (χ4n) is 2.72. The molecule has 1 N–H and O–H groups in total. The first-order chi connectivity index (χ1) is 12.1. The second-order valence-corrected chi connectivity index (χ2v) is 8.92. The molecule has 2 aromatic carbocycles. The summed E-state index contributed by atoms with van der Waals surface area (Å²) in [6.07, 6.45) is 3.04. The van der Waals surface area contributed by atoms with Gasteiger partial charge >= 0.3 is 0 Å². The molecule has 0 aliphatic carbocycles. The van der Waals surface area contributed by atoms with Crippen molar-refractivity contribution in [2.24, 2.45) is 0 Å². The quantitative estimate of drug-likeness (QED) is 0.759. The number of hydrogen-bond donors (Lipinski definition) is 1. The van der Waals surface area contributed by atoms with E-state index in [1.54, 1.807) is 19.1 Å². The molecule has 7 heteroatoms. The number of anilines is 2. The van der Waals surface area contributed by atoms with Gasteiger partial charge in [0, 0.05) is 4.90 Å². The van der Waals surface area contributed by atoms with Gasteiger partial charge in [0.15, 0.2) is 0 Å². The van der Waals surface area contributed by atoms with Gasteiger partial charge in [-0.25, -0.2) is 8.42 Å². The Morgan fingerprint density at radius 2 is 1.81 bits per heavy atom. The molecule has 0 aliphatic rings. The fourth-order valence-corrected chi connectivity index (χ4v) is 4.50. The minimum atomic E-state index is -3.64. The molecule has 0 spiro atoms. The average Bonchev–Trinajstić information content (AvgIpc) is 2.57. The highest BCUT2D eigenvalue weighted by Crippen LogP contribution is 2.28. The summed E-state index contributed by atoms with van der Waals surface area (Å²) >= 11 is 1.52. The van der Waals surface area contributed by atoms with Crippen molar-refractivity contribution in [1.82, 2.24) is 0 Å². The predicted octanol–water partition coefficient (Wildman–Crippen LogP) is 3.82. The van der Waals surface area contributed by atoms with Crippen molar-refractivity contribution < 1.29 is 13.2 Å². The maximum Gasteiger partial charge on any atom is 0.248 e. The van der Waals surface area contributed by atoms with Gasteiger partial charge in [-0.05, 0) is 56.4 Å². The molecule has 0 fully saturated rings. The molecule has 5 nitrogen and oxygen atoms in total. The van der Waals surface area contributed by atoms with Crippen LogP contribution in [0.5, 0.6) is 0 Å². The van der Waals surface area contributed by atoms with Crippen molar-refractivity contribution in [3.05, 3.63) is 53.6 Å². The number of nitrogens with one attached hydrogen (secondary N) is 1. The summed E-state index contributed by atoms with van der Waals surface area (Å²) in [5.41, 5.74) is 2.92. The molecule has 0 saturated carbocycles. The Morgan fingerprint density at radius 1 is 1.15 bits per heavy atom. The number of amides is 1. The number of carbonyl (C=O) groups is 1. The largest absolute Gasteiger partial charge is 0.323 e. The molecule has 0 radical (unpaired) electrons. The van der Waals surface area contributed by atoms with Gasteiger partial charge < -0.3 is 5.32 Å². The van der Waals surface area contributed by atoms with Crippen LogP contribution in [0.3, 0.4) is 0 Å². The number of sulfonamides is 1. The molecule has 1 atom stereocenters. The smallest absolute Gasteiger partial charge is 0.248 e. The van der Waals surface area contributed by atoms with Crippen LogP contribution in [0.1, 0.15) is 18.1 Å². The SMILES string of the molecule is CSc1ccccc1NC(=O)[C@H](C)N(c1cc(C)ccc1C)S(C)(=O)=O. The van der Waals surface area contributed by atoms with Crippen LogP contribution >= 0.6 is 11.8 Å². The Balaban J connectivity index is 2.40. The van der Waals surface area contributed by atoms with E-state index in [1.807, 2.05) is 50.4 Å². The Kier molecular flexibility index (Phi) is 6.36. The third-order valence-corrected chi connectivity index (χ3v) is 6.08. The molecule has 0 aromatic heterocycles. The second kappa shape index (κ2) is 8.14. The first-order valence-corrected chi connectivity index (χ1v) is 11.2. The van der Waals surface area contributed by atoms with E-state index in [1.165, 1.54) is 16.1 Å². The Labute approximate surface area is 159 Å². The minimum Gasteiger partial charge on any atom is -0.323 e. The lowest BCUT2D eigenvalue weighted by molar-refractivity contribution is -0.116. The van der Waals surface area contributed by atoms with Crippen LogP contribution < -0.4 is 9.62 Å². The average molecular weight is 393 g/mol.